The Labute approximate surface area is 183 Å². The Morgan fingerprint density at radius 3 is 2.68 bits per heavy atom. The van der Waals surface area contributed by atoms with Crippen molar-refractivity contribution < 1.29 is 4.79 Å². The van der Waals surface area contributed by atoms with Crippen molar-refractivity contribution in [2.24, 2.45) is 0 Å². The summed E-state index contributed by atoms with van der Waals surface area (Å²) in [6.07, 6.45) is 0. The van der Waals surface area contributed by atoms with E-state index in [2.05, 4.69) is 27.3 Å². The largest absolute Gasteiger partial charge is 0.327 e. The van der Waals surface area contributed by atoms with Gasteiger partial charge in [0, 0.05) is 23.5 Å². The Bertz CT molecular complexity index is 1290. The van der Waals surface area contributed by atoms with Gasteiger partial charge in [-0.05, 0) is 48.2 Å². The zero-order valence-electron chi connectivity index (χ0n) is 16.8. The van der Waals surface area contributed by atoms with Crippen LogP contribution in [0.3, 0.4) is 0 Å². The molecule has 0 saturated heterocycles. The highest BCUT2D eigenvalue weighted by Gasteiger charge is 2.32. The molecule has 4 heterocycles. The number of hydrogen-bond donors (Lipinski definition) is 0. The average molecular weight is 427 g/mol. The van der Waals surface area contributed by atoms with Gasteiger partial charge in [0.1, 0.15) is 17.5 Å². The number of thiophene rings is 1. The SMILES string of the molecule is C[C@@H]1c2nnc(-c3cccc(C#N)n3)n2CCN1C(=O)c1ccc(-c2cccs2)cc1. The van der Waals surface area contributed by atoms with E-state index in [1.165, 1.54) is 4.88 Å². The minimum atomic E-state index is -0.223. The van der Waals surface area contributed by atoms with Crippen LogP contribution >= 0.6 is 11.3 Å². The van der Waals surface area contributed by atoms with Gasteiger partial charge in [-0.25, -0.2) is 4.98 Å². The molecule has 0 radical (unpaired) electrons. The lowest BCUT2D eigenvalue weighted by molar-refractivity contribution is 0.0638. The second kappa shape index (κ2) is 7.78. The molecule has 0 saturated carbocycles. The van der Waals surface area contributed by atoms with Gasteiger partial charge in [0.25, 0.3) is 5.91 Å². The molecule has 1 amide bonds. The third-order valence-corrected chi connectivity index (χ3v) is 6.40. The lowest BCUT2D eigenvalue weighted by Gasteiger charge is -2.33. The number of nitriles is 1. The molecule has 0 fully saturated rings. The number of rotatable bonds is 3. The molecule has 0 unspecified atom stereocenters. The summed E-state index contributed by atoms with van der Waals surface area (Å²) in [5.74, 6) is 1.31. The maximum Gasteiger partial charge on any atom is 0.254 e. The average Bonchev–Trinajstić information content (AvgIpc) is 3.50. The number of carbonyl (C=O) groups excluding carboxylic acids is 1. The summed E-state index contributed by atoms with van der Waals surface area (Å²) in [5, 5.41) is 19.8. The van der Waals surface area contributed by atoms with Gasteiger partial charge in [0.15, 0.2) is 11.6 Å². The molecule has 31 heavy (non-hydrogen) atoms. The van der Waals surface area contributed by atoms with E-state index in [0.29, 0.717) is 41.7 Å². The zero-order valence-corrected chi connectivity index (χ0v) is 17.6. The number of amides is 1. The van der Waals surface area contributed by atoms with E-state index in [4.69, 9.17) is 5.26 Å². The molecule has 8 heteroatoms. The van der Waals surface area contributed by atoms with E-state index >= 15 is 0 Å². The van der Waals surface area contributed by atoms with Gasteiger partial charge >= 0.3 is 0 Å². The summed E-state index contributed by atoms with van der Waals surface area (Å²) in [6, 6.07) is 18.9. The highest BCUT2D eigenvalue weighted by molar-refractivity contribution is 7.13. The van der Waals surface area contributed by atoms with E-state index in [0.717, 1.165) is 5.56 Å². The van der Waals surface area contributed by atoms with Crippen molar-refractivity contribution >= 4 is 17.2 Å². The number of aromatic nitrogens is 4. The second-order valence-electron chi connectivity index (χ2n) is 7.28. The molecule has 0 bridgehead atoms. The van der Waals surface area contributed by atoms with E-state index < -0.39 is 0 Å². The maximum absolute atomic E-state index is 13.2. The first-order valence-electron chi connectivity index (χ1n) is 9.91. The predicted molar refractivity (Wildman–Crippen MR) is 117 cm³/mol. The zero-order chi connectivity index (χ0) is 21.4. The molecule has 0 aliphatic carbocycles. The summed E-state index contributed by atoms with van der Waals surface area (Å²) in [7, 11) is 0. The highest BCUT2D eigenvalue weighted by Crippen LogP contribution is 2.30. The summed E-state index contributed by atoms with van der Waals surface area (Å²) in [4.78, 5) is 20.5. The first-order valence-corrected chi connectivity index (χ1v) is 10.8. The van der Waals surface area contributed by atoms with Crippen molar-refractivity contribution in [3.63, 3.8) is 0 Å². The number of hydrogen-bond acceptors (Lipinski definition) is 6. The minimum Gasteiger partial charge on any atom is -0.327 e. The first kappa shape index (κ1) is 19.2. The maximum atomic E-state index is 13.2. The normalized spacial score (nSPS) is 15.4. The van der Waals surface area contributed by atoms with Crippen molar-refractivity contribution in [1.29, 1.82) is 5.26 Å². The molecule has 1 atom stereocenters. The number of fused-ring (bicyclic) bond motifs is 1. The number of carbonyl (C=O) groups is 1. The Hall–Kier alpha value is -3.83. The topological polar surface area (TPSA) is 87.7 Å². The molecule has 1 aromatic carbocycles. The fourth-order valence-corrected chi connectivity index (χ4v) is 4.59. The van der Waals surface area contributed by atoms with Crippen LogP contribution in [0.2, 0.25) is 0 Å². The van der Waals surface area contributed by atoms with Crippen LogP contribution in [-0.4, -0.2) is 37.1 Å². The monoisotopic (exact) mass is 426 g/mol. The highest BCUT2D eigenvalue weighted by atomic mass is 32.1. The van der Waals surface area contributed by atoms with Crippen LogP contribution in [-0.2, 0) is 6.54 Å². The minimum absolute atomic E-state index is 0.0226. The smallest absolute Gasteiger partial charge is 0.254 e. The van der Waals surface area contributed by atoms with Crippen molar-refractivity contribution in [2.75, 3.05) is 6.54 Å². The third kappa shape index (κ3) is 3.39. The molecule has 0 spiro atoms. The molecular formula is C23H18N6OS. The van der Waals surface area contributed by atoms with Crippen LogP contribution in [0.4, 0.5) is 0 Å². The molecular weight excluding hydrogens is 408 g/mol. The molecule has 0 N–H and O–H groups in total. The molecule has 1 aliphatic heterocycles. The Morgan fingerprint density at radius 2 is 1.94 bits per heavy atom. The summed E-state index contributed by atoms with van der Waals surface area (Å²) in [6.45, 7) is 3.07. The summed E-state index contributed by atoms with van der Waals surface area (Å²) < 4.78 is 1.98. The molecule has 4 aromatic rings. The number of pyridine rings is 1. The van der Waals surface area contributed by atoms with Crippen LogP contribution in [0.1, 0.15) is 34.8 Å². The Kier molecular flexibility index (Phi) is 4.81. The van der Waals surface area contributed by atoms with E-state index in [-0.39, 0.29) is 11.9 Å². The van der Waals surface area contributed by atoms with E-state index in [1.54, 1.807) is 23.5 Å². The van der Waals surface area contributed by atoms with Crippen molar-refractivity contribution in [3.8, 4) is 28.0 Å². The Morgan fingerprint density at radius 1 is 1.10 bits per heavy atom. The van der Waals surface area contributed by atoms with Gasteiger partial charge < -0.3 is 9.47 Å². The van der Waals surface area contributed by atoms with Gasteiger partial charge in [-0.3, -0.25) is 4.79 Å². The van der Waals surface area contributed by atoms with Crippen molar-refractivity contribution in [3.05, 3.63) is 77.1 Å². The predicted octanol–water partition coefficient (Wildman–Crippen LogP) is 4.16. The van der Waals surface area contributed by atoms with Gasteiger partial charge in [-0.1, -0.05) is 24.3 Å². The fraction of sp³-hybridized carbons (Fsp3) is 0.174. The summed E-state index contributed by atoms with van der Waals surface area (Å²) in [5.41, 5.74) is 2.70. The van der Waals surface area contributed by atoms with Gasteiger partial charge in [0.05, 0.1) is 6.04 Å². The standard InChI is InChI=1S/C23H18N6OS/c1-15-21-26-27-22(19-5-2-4-18(14-24)25-19)29(21)12-11-28(15)23(30)17-9-7-16(8-10-17)20-6-3-13-31-20/h2-10,13,15H,11-12H2,1H3/t15-/m1/s1. The lowest BCUT2D eigenvalue weighted by atomic mass is 10.1. The van der Waals surface area contributed by atoms with Crippen LogP contribution in [0, 0.1) is 11.3 Å². The van der Waals surface area contributed by atoms with E-state index in [9.17, 15) is 4.79 Å². The molecule has 7 nitrogen and oxygen atoms in total. The molecule has 5 rings (SSSR count). The van der Waals surface area contributed by atoms with Crippen LogP contribution in [0.5, 0.6) is 0 Å². The molecule has 1 aliphatic rings. The van der Waals surface area contributed by atoms with Crippen LogP contribution in [0.15, 0.2) is 60.0 Å². The first-order chi connectivity index (χ1) is 15.2. The quantitative estimate of drug-likeness (QED) is 0.491. The van der Waals surface area contributed by atoms with E-state index in [1.807, 2.05) is 58.2 Å². The fourth-order valence-electron chi connectivity index (χ4n) is 3.86. The van der Waals surface area contributed by atoms with Gasteiger partial charge in [-0.15, -0.1) is 21.5 Å². The summed E-state index contributed by atoms with van der Waals surface area (Å²) >= 11 is 1.68. The lowest BCUT2D eigenvalue weighted by Crippen LogP contribution is -2.41. The molecule has 3 aromatic heterocycles. The molecule has 152 valence electrons. The second-order valence-corrected chi connectivity index (χ2v) is 8.23. The number of benzene rings is 1. The van der Waals surface area contributed by atoms with Gasteiger partial charge in [-0.2, -0.15) is 5.26 Å². The number of nitrogens with zero attached hydrogens (tertiary/aromatic N) is 6. The van der Waals surface area contributed by atoms with Gasteiger partial charge in [0.2, 0.25) is 0 Å². The van der Waals surface area contributed by atoms with Crippen LogP contribution < -0.4 is 0 Å². The van der Waals surface area contributed by atoms with Crippen molar-refractivity contribution in [1.82, 2.24) is 24.6 Å². The van der Waals surface area contributed by atoms with Crippen molar-refractivity contribution in [2.45, 2.75) is 19.5 Å². The Balaban J connectivity index is 1.40. The van der Waals surface area contributed by atoms with Crippen LogP contribution in [0.25, 0.3) is 22.0 Å². The third-order valence-electron chi connectivity index (χ3n) is 5.48.